The highest BCUT2D eigenvalue weighted by molar-refractivity contribution is 7.92. The van der Waals surface area contributed by atoms with Crippen molar-refractivity contribution in [3.05, 3.63) is 24.4 Å². The number of halogens is 1. The second kappa shape index (κ2) is 4.93. The number of hydrogen-bond acceptors (Lipinski definition) is 3. The topological polar surface area (TPSA) is 74.8 Å². The molecule has 0 saturated carbocycles. The van der Waals surface area contributed by atoms with Crippen molar-refractivity contribution in [3.63, 3.8) is 0 Å². The Morgan fingerprint density at radius 2 is 2.24 bits per heavy atom. The fourth-order valence-corrected chi connectivity index (χ4v) is 2.94. The van der Waals surface area contributed by atoms with Crippen molar-refractivity contribution in [2.24, 2.45) is 0 Å². The highest BCUT2D eigenvalue weighted by Gasteiger charge is 2.12. The number of fused-ring (bicyclic) bond motifs is 1. The Morgan fingerprint density at radius 1 is 1.41 bits per heavy atom. The maximum atomic E-state index is 11.7. The molecule has 1 heterocycles. The standard InChI is InChI=1S/C10H12ClN3O2S/c11-5-2-6-17(15,16)14-9-4-1-3-8-7-12-13-10(8)9/h1,3-4,7,14H,2,5-6H2,(H,12,13). The number of sulfonamides is 1. The molecule has 0 aliphatic rings. The lowest BCUT2D eigenvalue weighted by molar-refractivity contribution is 0.600. The maximum absolute atomic E-state index is 11.7. The van der Waals surface area contributed by atoms with Gasteiger partial charge in [0.15, 0.2) is 0 Å². The molecule has 0 saturated heterocycles. The van der Waals surface area contributed by atoms with Gasteiger partial charge in [0.2, 0.25) is 10.0 Å². The number of benzene rings is 1. The summed E-state index contributed by atoms with van der Waals surface area (Å²) in [6, 6.07) is 5.32. The minimum atomic E-state index is -3.35. The van der Waals surface area contributed by atoms with Crippen LogP contribution in [0.3, 0.4) is 0 Å². The zero-order valence-corrected chi connectivity index (χ0v) is 10.6. The summed E-state index contributed by atoms with van der Waals surface area (Å²) in [4.78, 5) is 0. The Labute approximate surface area is 104 Å². The molecule has 5 nitrogen and oxygen atoms in total. The zero-order valence-electron chi connectivity index (χ0n) is 8.98. The van der Waals surface area contributed by atoms with Crippen LogP contribution < -0.4 is 4.72 Å². The van der Waals surface area contributed by atoms with E-state index in [0.29, 0.717) is 23.5 Å². The summed E-state index contributed by atoms with van der Waals surface area (Å²) < 4.78 is 26.0. The Kier molecular flexibility index (Phi) is 3.54. The van der Waals surface area contributed by atoms with E-state index in [1.165, 1.54) is 0 Å². The van der Waals surface area contributed by atoms with Gasteiger partial charge in [-0.2, -0.15) is 5.10 Å². The van der Waals surface area contributed by atoms with Gasteiger partial charge in [-0.1, -0.05) is 12.1 Å². The van der Waals surface area contributed by atoms with E-state index in [-0.39, 0.29) is 5.75 Å². The van der Waals surface area contributed by atoms with E-state index in [4.69, 9.17) is 11.6 Å². The van der Waals surface area contributed by atoms with E-state index in [2.05, 4.69) is 14.9 Å². The lowest BCUT2D eigenvalue weighted by atomic mass is 10.2. The smallest absolute Gasteiger partial charge is 0.232 e. The Morgan fingerprint density at radius 3 is 3.00 bits per heavy atom. The second-order valence-electron chi connectivity index (χ2n) is 3.60. The Hall–Kier alpha value is -1.27. The van der Waals surface area contributed by atoms with Crippen molar-refractivity contribution in [1.29, 1.82) is 0 Å². The van der Waals surface area contributed by atoms with Crippen LogP contribution in [0, 0.1) is 0 Å². The van der Waals surface area contributed by atoms with Gasteiger partial charge >= 0.3 is 0 Å². The van der Waals surface area contributed by atoms with E-state index in [1.54, 1.807) is 18.3 Å². The predicted octanol–water partition coefficient (Wildman–Crippen LogP) is 1.93. The molecule has 0 aliphatic heterocycles. The fraction of sp³-hybridized carbons (Fsp3) is 0.300. The third kappa shape index (κ3) is 2.89. The van der Waals surface area contributed by atoms with Gasteiger partial charge in [0.1, 0.15) is 0 Å². The van der Waals surface area contributed by atoms with Crippen LogP contribution in [0.4, 0.5) is 5.69 Å². The molecule has 0 bridgehead atoms. The molecule has 1 aromatic carbocycles. The molecule has 0 aliphatic carbocycles. The zero-order chi connectivity index (χ0) is 12.3. The maximum Gasteiger partial charge on any atom is 0.232 e. The molecule has 0 amide bonds. The van der Waals surface area contributed by atoms with E-state index in [9.17, 15) is 8.42 Å². The summed E-state index contributed by atoms with van der Waals surface area (Å²) in [5.74, 6) is 0.343. The number of H-pyrrole nitrogens is 1. The average molecular weight is 274 g/mol. The number of aromatic amines is 1. The molecule has 0 fully saturated rings. The fourth-order valence-electron chi connectivity index (χ4n) is 1.52. The predicted molar refractivity (Wildman–Crippen MR) is 68.8 cm³/mol. The van der Waals surface area contributed by atoms with Crippen LogP contribution in [0.5, 0.6) is 0 Å². The Bertz CT molecular complexity index is 609. The quantitative estimate of drug-likeness (QED) is 0.818. The highest BCUT2D eigenvalue weighted by atomic mass is 35.5. The number of nitrogens with zero attached hydrogens (tertiary/aromatic N) is 1. The van der Waals surface area contributed by atoms with Crippen LogP contribution in [-0.2, 0) is 10.0 Å². The number of alkyl halides is 1. The molecule has 0 atom stereocenters. The molecule has 0 radical (unpaired) electrons. The highest BCUT2D eigenvalue weighted by Crippen LogP contribution is 2.21. The first kappa shape index (κ1) is 12.2. The van der Waals surface area contributed by atoms with Crippen molar-refractivity contribution in [2.75, 3.05) is 16.4 Å². The first-order valence-corrected chi connectivity index (χ1v) is 7.29. The van der Waals surface area contributed by atoms with Crippen molar-refractivity contribution in [1.82, 2.24) is 10.2 Å². The third-order valence-corrected chi connectivity index (χ3v) is 3.91. The van der Waals surface area contributed by atoms with Crippen molar-refractivity contribution >= 4 is 38.2 Å². The van der Waals surface area contributed by atoms with E-state index >= 15 is 0 Å². The molecule has 1 aromatic heterocycles. The minimum absolute atomic E-state index is 0.0149. The summed E-state index contributed by atoms with van der Waals surface area (Å²) in [5, 5.41) is 7.50. The normalized spacial score (nSPS) is 11.8. The van der Waals surface area contributed by atoms with Gasteiger partial charge in [-0.25, -0.2) is 8.42 Å². The first-order chi connectivity index (χ1) is 8.12. The minimum Gasteiger partial charge on any atom is -0.281 e. The van der Waals surface area contributed by atoms with E-state index < -0.39 is 10.0 Å². The number of aromatic nitrogens is 2. The molecular formula is C10H12ClN3O2S. The third-order valence-electron chi connectivity index (χ3n) is 2.29. The van der Waals surface area contributed by atoms with Crippen LogP contribution >= 0.6 is 11.6 Å². The molecule has 2 rings (SSSR count). The molecule has 2 aromatic rings. The van der Waals surface area contributed by atoms with Gasteiger partial charge in [0, 0.05) is 11.3 Å². The summed E-state index contributed by atoms with van der Waals surface area (Å²) >= 11 is 5.48. The monoisotopic (exact) mass is 273 g/mol. The van der Waals surface area contributed by atoms with Crippen LogP contribution in [-0.4, -0.2) is 30.2 Å². The van der Waals surface area contributed by atoms with Gasteiger partial charge < -0.3 is 0 Å². The molecule has 7 heteroatoms. The molecule has 92 valence electrons. The number of nitrogens with one attached hydrogen (secondary N) is 2. The molecule has 2 N–H and O–H groups in total. The van der Waals surface area contributed by atoms with Crippen LogP contribution in [0.25, 0.3) is 10.9 Å². The largest absolute Gasteiger partial charge is 0.281 e. The lowest BCUT2D eigenvalue weighted by Crippen LogP contribution is -2.17. The molecule has 17 heavy (non-hydrogen) atoms. The molecular weight excluding hydrogens is 262 g/mol. The summed E-state index contributed by atoms with van der Waals surface area (Å²) in [5.41, 5.74) is 1.19. The molecule has 0 unspecified atom stereocenters. The average Bonchev–Trinajstić information content (AvgIpc) is 2.75. The Balaban J connectivity index is 2.26. The lowest BCUT2D eigenvalue weighted by Gasteiger charge is -2.07. The van der Waals surface area contributed by atoms with E-state index in [0.717, 1.165) is 5.39 Å². The second-order valence-corrected chi connectivity index (χ2v) is 5.82. The van der Waals surface area contributed by atoms with Crippen LogP contribution in [0.15, 0.2) is 24.4 Å². The number of hydrogen-bond donors (Lipinski definition) is 2. The van der Waals surface area contributed by atoms with Gasteiger partial charge in [-0.05, 0) is 12.5 Å². The number of rotatable bonds is 5. The van der Waals surface area contributed by atoms with Crippen molar-refractivity contribution in [2.45, 2.75) is 6.42 Å². The molecule has 0 spiro atoms. The van der Waals surface area contributed by atoms with Crippen LogP contribution in [0.2, 0.25) is 0 Å². The van der Waals surface area contributed by atoms with Gasteiger partial charge in [-0.3, -0.25) is 9.82 Å². The number of para-hydroxylation sites is 1. The van der Waals surface area contributed by atoms with Crippen LogP contribution in [0.1, 0.15) is 6.42 Å². The van der Waals surface area contributed by atoms with E-state index in [1.807, 2.05) is 6.07 Å². The van der Waals surface area contributed by atoms with Gasteiger partial charge in [0.05, 0.1) is 23.2 Å². The SMILES string of the molecule is O=S(=O)(CCCCl)Nc1cccc2cn[nH]c12. The summed E-state index contributed by atoms with van der Waals surface area (Å²) in [7, 11) is -3.35. The van der Waals surface area contributed by atoms with Gasteiger partial charge in [0.25, 0.3) is 0 Å². The van der Waals surface area contributed by atoms with Crippen molar-refractivity contribution in [3.8, 4) is 0 Å². The summed E-state index contributed by atoms with van der Waals surface area (Å²) in [6.07, 6.45) is 2.07. The number of anilines is 1. The van der Waals surface area contributed by atoms with Crippen molar-refractivity contribution < 1.29 is 8.42 Å². The summed E-state index contributed by atoms with van der Waals surface area (Å²) in [6.45, 7) is 0. The first-order valence-electron chi connectivity index (χ1n) is 5.11. The van der Waals surface area contributed by atoms with Gasteiger partial charge in [-0.15, -0.1) is 11.6 Å².